The largest absolute Gasteiger partial charge is 0.491 e. The van der Waals surface area contributed by atoms with E-state index in [0.717, 1.165) is 14.8 Å². The zero-order chi connectivity index (χ0) is 19.3. The summed E-state index contributed by atoms with van der Waals surface area (Å²) in [5, 5.41) is 2.47. The van der Waals surface area contributed by atoms with E-state index < -0.39 is 28.3 Å². The molecule has 0 saturated carbocycles. The van der Waals surface area contributed by atoms with Crippen LogP contribution in [0.2, 0.25) is 0 Å². The van der Waals surface area contributed by atoms with Crippen molar-refractivity contribution in [3.8, 4) is 5.75 Å². The number of carbonyl (C=O) groups excluding carboxylic acids is 1. The normalized spacial score (nSPS) is 11.4. The highest BCUT2D eigenvalue weighted by Gasteiger charge is 2.23. The third kappa shape index (κ3) is 5.03. The molecular formula is C17H18BrFN2O4S. The Morgan fingerprint density at radius 2 is 1.88 bits per heavy atom. The summed E-state index contributed by atoms with van der Waals surface area (Å²) in [7, 11) is -2.51. The van der Waals surface area contributed by atoms with E-state index in [2.05, 4.69) is 21.2 Å². The molecule has 6 nitrogen and oxygen atoms in total. The fourth-order valence-corrected chi connectivity index (χ4v) is 3.52. The molecule has 0 bridgehead atoms. The molecule has 0 fully saturated rings. The maximum Gasteiger partial charge on any atom is 0.243 e. The first-order valence-electron chi connectivity index (χ1n) is 7.68. The molecule has 0 heterocycles. The van der Waals surface area contributed by atoms with Gasteiger partial charge in [-0.15, -0.1) is 0 Å². The van der Waals surface area contributed by atoms with Gasteiger partial charge in [-0.25, -0.2) is 12.8 Å². The smallest absolute Gasteiger partial charge is 0.243 e. The number of hydrogen-bond acceptors (Lipinski definition) is 4. The van der Waals surface area contributed by atoms with Gasteiger partial charge in [0.1, 0.15) is 0 Å². The second-order valence-electron chi connectivity index (χ2n) is 5.34. The number of nitrogens with zero attached hydrogens (tertiary/aromatic N) is 1. The van der Waals surface area contributed by atoms with Crippen molar-refractivity contribution in [2.75, 3.05) is 25.5 Å². The molecule has 9 heteroatoms. The van der Waals surface area contributed by atoms with E-state index in [1.54, 1.807) is 19.1 Å². The van der Waals surface area contributed by atoms with E-state index in [0.29, 0.717) is 6.61 Å². The third-order valence-electron chi connectivity index (χ3n) is 3.40. The number of ether oxygens (including phenoxy) is 1. The second kappa shape index (κ2) is 8.61. The molecule has 2 aromatic rings. The van der Waals surface area contributed by atoms with Gasteiger partial charge in [0.05, 0.1) is 18.0 Å². The third-order valence-corrected chi connectivity index (χ3v) is 5.75. The highest BCUT2D eigenvalue weighted by atomic mass is 79.9. The maximum atomic E-state index is 13.8. The Morgan fingerprint density at radius 3 is 2.46 bits per heavy atom. The van der Waals surface area contributed by atoms with Crippen LogP contribution in [0.15, 0.2) is 51.8 Å². The molecule has 0 aliphatic rings. The van der Waals surface area contributed by atoms with Gasteiger partial charge in [0, 0.05) is 23.3 Å². The number of nitrogens with one attached hydrogen (secondary N) is 1. The van der Waals surface area contributed by atoms with Gasteiger partial charge in [0.25, 0.3) is 0 Å². The highest BCUT2D eigenvalue weighted by molar-refractivity contribution is 9.10. The number of benzene rings is 2. The fourth-order valence-electron chi connectivity index (χ4n) is 2.13. The van der Waals surface area contributed by atoms with Gasteiger partial charge < -0.3 is 10.1 Å². The van der Waals surface area contributed by atoms with E-state index in [-0.39, 0.29) is 16.3 Å². The number of carbonyl (C=O) groups is 1. The molecular weight excluding hydrogens is 427 g/mol. The van der Waals surface area contributed by atoms with E-state index in [9.17, 15) is 17.6 Å². The Kier molecular flexibility index (Phi) is 6.74. The Labute approximate surface area is 160 Å². The van der Waals surface area contributed by atoms with Crippen molar-refractivity contribution in [2.24, 2.45) is 0 Å². The fraction of sp³-hybridized carbons (Fsp3) is 0.235. The monoisotopic (exact) mass is 444 g/mol. The molecule has 26 heavy (non-hydrogen) atoms. The topological polar surface area (TPSA) is 75.7 Å². The first kappa shape index (κ1) is 20.3. The maximum absolute atomic E-state index is 13.8. The van der Waals surface area contributed by atoms with Gasteiger partial charge in [-0.3, -0.25) is 4.79 Å². The molecule has 2 aromatic carbocycles. The van der Waals surface area contributed by atoms with Gasteiger partial charge in [-0.2, -0.15) is 4.31 Å². The van der Waals surface area contributed by atoms with E-state index in [1.807, 2.05) is 0 Å². The van der Waals surface area contributed by atoms with E-state index in [4.69, 9.17) is 4.74 Å². The summed E-state index contributed by atoms with van der Waals surface area (Å²) in [6.45, 7) is 1.64. The van der Waals surface area contributed by atoms with Crippen LogP contribution in [0.4, 0.5) is 10.1 Å². The quantitative estimate of drug-likeness (QED) is 0.710. The van der Waals surface area contributed by atoms with Crippen molar-refractivity contribution >= 4 is 37.5 Å². The van der Waals surface area contributed by atoms with Crippen molar-refractivity contribution in [3.63, 3.8) is 0 Å². The van der Waals surface area contributed by atoms with Gasteiger partial charge in [-0.1, -0.05) is 15.9 Å². The first-order valence-corrected chi connectivity index (χ1v) is 9.91. The standard InChI is InChI=1S/C17H18BrFN2O4S/c1-3-25-16-9-6-13(10-15(16)19)20-17(22)11-21(2)26(23,24)14-7-4-12(18)5-8-14/h4-10H,3,11H2,1-2H3,(H,20,22). The molecule has 0 saturated heterocycles. The van der Waals surface area contributed by atoms with Crippen molar-refractivity contribution in [1.82, 2.24) is 4.31 Å². The lowest BCUT2D eigenvalue weighted by molar-refractivity contribution is -0.116. The summed E-state index contributed by atoms with van der Waals surface area (Å²) in [5.41, 5.74) is 0.213. The lowest BCUT2D eigenvalue weighted by Gasteiger charge is -2.17. The van der Waals surface area contributed by atoms with Gasteiger partial charge in [0.2, 0.25) is 15.9 Å². The number of anilines is 1. The summed E-state index contributed by atoms with van der Waals surface area (Å²) in [6, 6.07) is 10.1. The zero-order valence-corrected chi connectivity index (χ0v) is 16.6. The summed E-state index contributed by atoms with van der Waals surface area (Å²) >= 11 is 3.24. The summed E-state index contributed by atoms with van der Waals surface area (Å²) in [6.07, 6.45) is 0. The van der Waals surface area contributed by atoms with Gasteiger partial charge >= 0.3 is 0 Å². The van der Waals surface area contributed by atoms with E-state index in [1.165, 1.54) is 31.3 Å². The highest BCUT2D eigenvalue weighted by Crippen LogP contribution is 2.21. The minimum atomic E-state index is -3.81. The van der Waals surface area contributed by atoms with Crippen LogP contribution in [0.1, 0.15) is 6.92 Å². The van der Waals surface area contributed by atoms with Gasteiger partial charge in [-0.05, 0) is 43.3 Å². The first-order chi connectivity index (χ1) is 12.2. The average molecular weight is 445 g/mol. The minimum absolute atomic E-state index is 0.0723. The Balaban J connectivity index is 2.04. The molecule has 0 unspecified atom stereocenters. The van der Waals surface area contributed by atoms with Crippen LogP contribution in [0.5, 0.6) is 5.75 Å². The SMILES string of the molecule is CCOc1ccc(NC(=O)CN(C)S(=O)(=O)c2ccc(Br)cc2)cc1F. The molecule has 0 spiro atoms. The predicted molar refractivity (Wildman–Crippen MR) is 100 cm³/mol. The molecule has 0 aliphatic heterocycles. The summed E-state index contributed by atoms with van der Waals surface area (Å²) in [4.78, 5) is 12.2. The number of rotatable bonds is 7. The number of likely N-dealkylation sites (N-methyl/N-ethyl adjacent to an activating group) is 1. The molecule has 0 aliphatic carbocycles. The van der Waals surface area contributed by atoms with Crippen LogP contribution in [-0.4, -0.2) is 38.8 Å². The van der Waals surface area contributed by atoms with Crippen LogP contribution in [0.25, 0.3) is 0 Å². The number of sulfonamides is 1. The van der Waals surface area contributed by atoms with E-state index >= 15 is 0 Å². The number of halogens is 2. The molecule has 2 rings (SSSR count). The molecule has 0 radical (unpaired) electrons. The Morgan fingerprint density at radius 1 is 1.23 bits per heavy atom. The van der Waals surface area contributed by atoms with Crippen LogP contribution >= 0.6 is 15.9 Å². The van der Waals surface area contributed by atoms with Crippen LogP contribution < -0.4 is 10.1 Å². The Hall–Kier alpha value is -1.97. The lowest BCUT2D eigenvalue weighted by atomic mass is 10.3. The van der Waals surface area contributed by atoms with Crippen LogP contribution in [0, 0.1) is 5.82 Å². The average Bonchev–Trinajstić information content (AvgIpc) is 2.57. The van der Waals surface area contributed by atoms with Gasteiger partial charge in [0.15, 0.2) is 11.6 Å². The van der Waals surface area contributed by atoms with Crippen molar-refractivity contribution in [3.05, 3.63) is 52.8 Å². The number of hydrogen-bond donors (Lipinski definition) is 1. The summed E-state index contributed by atoms with van der Waals surface area (Å²) in [5.74, 6) is -1.11. The van der Waals surface area contributed by atoms with Crippen LogP contribution in [0.3, 0.4) is 0 Å². The lowest BCUT2D eigenvalue weighted by Crippen LogP contribution is -2.34. The second-order valence-corrected chi connectivity index (χ2v) is 8.30. The zero-order valence-electron chi connectivity index (χ0n) is 14.2. The summed E-state index contributed by atoms with van der Waals surface area (Å²) < 4.78 is 45.5. The van der Waals surface area contributed by atoms with Crippen molar-refractivity contribution < 1.29 is 22.3 Å². The predicted octanol–water partition coefficient (Wildman–Crippen LogP) is 3.25. The van der Waals surface area contributed by atoms with Crippen molar-refractivity contribution in [2.45, 2.75) is 11.8 Å². The number of amides is 1. The molecule has 140 valence electrons. The molecule has 0 aromatic heterocycles. The minimum Gasteiger partial charge on any atom is -0.491 e. The molecule has 0 atom stereocenters. The molecule has 1 N–H and O–H groups in total. The Bertz CT molecular complexity index is 888. The van der Waals surface area contributed by atoms with Crippen LogP contribution in [-0.2, 0) is 14.8 Å². The molecule has 1 amide bonds. The van der Waals surface area contributed by atoms with Crippen molar-refractivity contribution in [1.29, 1.82) is 0 Å².